The number of aliphatic hydroxyl groups excluding tert-OH is 1. The molecule has 8 heteroatoms. The molecule has 1 unspecified atom stereocenters. The van der Waals surface area contributed by atoms with E-state index in [1.54, 1.807) is 48.8 Å². The highest BCUT2D eigenvalue weighted by atomic mass is 32.1. The van der Waals surface area contributed by atoms with Crippen LogP contribution in [-0.2, 0) is 9.59 Å². The number of nitrogens with zero attached hydrogens (tertiary/aromatic N) is 3. The number of ketones is 1. The number of methoxy groups -OCH3 is 1. The van der Waals surface area contributed by atoms with Crippen LogP contribution in [-0.4, -0.2) is 33.9 Å². The normalized spacial score (nSPS) is 17.8. The summed E-state index contributed by atoms with van der Waals surface area (Å²) in [6.07, 6.45) is 3.17. The number of amides is 1. The summed E-state index contributed by atoms with van der Waals surface area (Å²) in [6, 6.07) is 16.8. The zero-order valence-corrected chi connectivity index (χ0v) is 17.7. The number of carbonyl (C=O) groups is 2. The first-order valence-corrected chi connectivity index (χ1v) is 10.6. The summed E-state index contributed by atoms with van der Waals surface area (Å²) in [6.45, 7) is 0. The Hall–Kier alpha value is -4.04. The minimum Gasteiger partial charge on any atom is -0.507 e. The molecule has 4 aromatic rings. The number of anilines is 1. The number of benzene rings is 2. The van der Waals surface area contributed by atoms with Crippen molar-refractivity contribution in [3.63, 3.8) is 0 Å². The van der Waals surface area contributed by atoms with Crippen LogP contribution in [0.4, 0.5) is 5.13 Å². The zero-order valence-electron chi connectivity index (χ0n) is 16.9. The lowest BCUT2D eigenvalue weighted by Crippen LogP contribution is -2.29. The molecule has 1 aliphatic heterocycles. The second kappa shape index (κ2) is 7.90. The lowest BCUT2D eigenvalue weighted by Gasteiger charge is -2.22. The molecule has 1 atom stereocenters. The van der Waals surface area contributed by atoms with Gasteiger partial charge in [-0.3, -0.25) is 19.5 Å². The van der Waals surface area contributed by atoms with E-state index in [2.05, 4.69) is 9.97 Å². The third-order valence-corrected chi connectivity index (χ3v) is 6.33. The number of fused-ring (bicyclic) bond motifs is 1. The maximum atomic E-state index is 13.2. The molecular weight excluding hydrogens is 426 g/mol. The van der Waals surface area contributed by atoms with E-state index in [1.807, 2.05) is 24.3 Å². The van der Waals surface area contributed by atoms with Gasteiger partial charge in [-0.25, -0.2) is 4.98 Å². The van der Waals surface area contributed by atoms with E-state index in [0.717, 1.165) is 10.2 Å². The Kier molecular flexibility index (Phi) is 4.91. The molecule has 1 N–H and O–H groups in total. The van der Waals surface area contributed by atoms with E-state index in [-0.39, 0.29) is 11.3 Å². The van der Waals surface area contributed by atoms with Gasteiger partial charge in [0.15, 0.2) is 5.13 Å². The summed E-state index contributed by atoms with van der Waals surface area (Å²) in [4.78, 5) is 36.3. The van der Waals surface area contributed by atoms with Gasteiger partial charge in [-0.2, -0.15) is 0 Å². The largest absolute Gasteiger partial charge is 0.507 e. The van der Waals surface area contributed by atoms with Crippen molar-refractivity contribution in [2.45, 2.75) is 6.04 Å². The Morgan fingerprint density at radius 1 is 1.06 bits per heavy atom. The molecule has 3 heterocycles. The summed E-state index contributed by atoms with van der Waals surface area (Å²) in [5, 5.41) is 11.5. The molecule has 0 aliphatic carbocycles. The van der Waals surface area contributed by atoms with Crippen molar-refractivity contribution in [1.29, 1.82) is 0 Å². The first-order valence-electron chi connectivity index (χ1n) is 9.79. The molecule has 2 aromatic carbocycles. The molecule has 0 spiro atoms. The predicted octanol–water partition coefficient (Wildman–Crippen LogP) is 4.33. The number of aliphatic hydroxyl groups is 1. The van der Waals surface area contributed by atoms with Gasteiger partial charge < -0.3 is 9.84 Å². The molecule has 1 saturated heterocycles. The van der Waals surface area contributed by atoms with E-state index in [4.69, 9.17) is 4.74 Å². The molecule has 0 radical (unpaired) electrons. The SMILES string of the molecule is COc1cccc(/C(O)=C2\C(=O)C(=O)N(c3nc4ccccc4s3)C2c2ccncc2)c1. The van der Waals surface area contributed by atoms with Crippen LogP contribution in [0.5, 0.6) is 5.75 Å². The Morgan fingerprint density at radius 2 is 1.84 bits per heavy atom. The summed E-state index contributed by atoms with van der Waals surface area (Å²) in [5.41, 5.74) is 1.75. The topological polar surface area (TPSA) is 92.6 Å². The van der Waals surface area contributed by atoms with Crippen molar-refractivity contribution >= 4 is 44.1 Å². The van der Waals surface area contributed by atoms with Gasteiger partial charge in [0.1, 0.15) is 11.5 Å². The predicted molar refractivity (Wildman–Crippen MR) is 122 cm³/mol. The summed E-state index contributed by atoms with van der Waals surface area (Å²) in [7, 11) is 1.52. The van der Waals surface area contributed by atoms with Crippen molar-refractivity contribution in [2.75, 3.05) is 12.0 Å². The molecule has 158 valence electrons. The van der Waals surface area contributed by atoms with Gasteiger partial charge in [-0.15, -0.1) is 0 Å². The molecule has 1 aliphatic rings. The molecule has 0 saturated carbocycles. The van der Waals surface area contributed by atoms with Crippen molar-refractivity contribution in [3.8, 4) is 5.75 Å². The number of pyridine rings is 1. The lowest BCUT2D eigenvalue weighted by molar-refractivity contribution is -0.132. The average molecular weight is 443 g/mol. The minimum atomic E-state index is -0.843. The highest BCUT2D eigenvalue weighted by Gasteiger charge is 2.48. The van der Waals surface area contributed by atoms with Crippen molar-refractivity contribution in [3.05, 3.63) is 89.8 Å². The summed E-state index contributed by atoms with van der Waals surface area (Å²) < 4.78 is 6.13. The molecule has 5 rings (SSSR count). The van der Waals surface area contributed by atoms with Crippen LogP contribution < -0.4 is 9.64 Å². The Bertz CT molecular complexity index is 1350. The van der Waals surface area contributed by atoms with Crippen molar-refractivity contribution in [2.24, 2.45) is 0 Å². The van der Waals surface area contributed by atoms with Gasteiger partial charge in [0.05, 0.1) is 28.9 Å². The number of rotatable bonds is 4. The third-order valence-electron chi connectivity index (χ3n) is 5.30. The highest BCUT2D eigenvalue weighted by molar-refractivity contribution is 7.22. The molecule has 2 aromatic heterocycles. The van der Waals surface area contributed by atoms with E-state index < -0.39 is 17.7 Å². The smallest absolute Gasteiger partial charge is 0.301 e. The van der Waals surface area contributed by atoms with Gasteiger partial charge in [0, 0.05) is 18.0 Å². The Balaban J connectivity index is 1.73. The Morgan fingerprint density at radius 3 is 2.59 bits per heavy atom. The number of carbonyl (C=O) groups excluding carboxylic acids is 2. The quantitative estimate of drug-likeness (QED) is 0.287. The van der Waals surface area contributed by atoms with Gasteiger partial charge in [-0.1, -0.05) is 35.6 Å². The molecule has 1 amide bonds. The van der Waals surface area contributed by atoms with Crippen LogP contribution in [0.25, 0.3) is 16.0 Å². The zero-order chi connectivity index (χ0) is 22.2. The van der Waals surface area contributed by atoms with Crippen LogP contribution in [0.2, 0.25) is 0 Å². The maximum absolute atomic E-state index is 13.2. The fourth-order valence-corrected chi connectivity index (χ4v) is 4.77. The van der Waals surface area contributed by atoms with Crippen LogP contribution in [0, 0.1) is 0 Å². The van der Waals surface area contributed by atoms with Gasteiger partial charge in [0.2, 0.25) is 0 Å². The Labute approximate surface area is 187 Å². The molecule has 1 fully saturated rings. The van der Waals surface area contributed by atoms with E-state index in [1.165, 1.54) is 23.3 Å². The number of Topliss-reactive ketones (excluding diaryl/α,β-unsaturated/α-hetero) is 1. The van der Waals surface area contributed by atoms with Gasteiger partial charge >= 0.3 is 5.91 Å². The fraction of sp³-hybridized carbons (Fsp3) is 0.0833. The van der Waals surface area contributed by atoms with E-state index in [9.17, 15) is 14.7 Å². The molecule has 32 heavy (non-hydrogen) atoms. The monoisotopic (exact) mass is 443 g/mol. The lowest BCUT2D eigenvalue weighted by atomic mass is 9.96. The van der Waals surface area contributed by atoms with E-state index in [0.29, 0.717) is 22.0 Å². The number of thiazole rings is 1. The second-order valence-corrected chi connectivity index (χ2v) is 8.15. The summed E-state index contributed by atoms with van der Waals surface area (Å²) in [5.74, 6) is -1.26. The molecule has 0 bridgehead atoms. The van der Waals surface area contributed by atoms with Crippen LogP contribution in [0.15, 0.2) is 78.6 Å². The highest BCUT2D eigenvalue weighted by Crippen LogP contribution is 2.44. The van der Waals surface area contributed by atoms with Crippen molar-refractivity contribution in [1.82, 2.24) is 9.97 Å². The van der Waals surface area contributed by atoms with Gasteiger partial charge in [-0.05, 0) is 42.0 Å². The molecular formula is C24H17N3O4S. The van der Waals surface area contributed by atoms with E-state index >= 15 is 0 Å². The van der Waals surface area contributed by atoms with Crippen LogP contribution in [0.1, 0.15) is 17.2 Å². The fourth-order valence-electron chi connectivity index (χ4n) is 3.78. The standard InChI is InChI=1S/C24H17N3O4S/c1-31-16-6-4-5-15(13-16)21(28)19-20(14-9-11-25-12-10-14)27(23(30)22(19)29)24-26-17-7-2-3-8-18(17)32-24/h2-13,20,28H,1H3/b21-19+. The number of hydrogen-bond donors (Lipinski definition) is 1. The van der Waals surface area contributed by atoms with Crippen LogP contribution in [0.3, 0.4) is 0 Å². The summed E-state index contributed by atoms with van der Waals surface area (Å²) >= 11 is 1.32. The van der Waals surface area contributed by atoms with Crippen LogP contribution >= 0.6 is 11.3 Å². The minimum absolute atomic E-state index is 0.00582. The molecule has 7 nitrogen and oxygen atoms in total. The number of aromatic nitrogens is 2. The first kappa shape index (κ1) is 19.9. The third kappa shape index (κ3) is 3.21. The second-order valence-electron chi connectivity index (χ2n) is 7.15. The first-order chi connectivity index (χ1) is 15.6. The number of ether oxygens (including phenoxy) is 1. The number of para-hydroxylation sites is 1. The van der Waals surface area contributed by atoms with Gasteiger partial charge in [0.25, 0.3) is 5.78 Å². The maximum Gasteiger partial charge on any atom is 0.301 e. The number of hydrogen-bond acceptors (Lipinski definition) is 7. The average Bonchev–Trinajstić information content (AvgIpc) is 3.37. The van der Waals surface area contributed by atoms with Crippen molar-refractivity contribution < 1.29 is 19.4 Å².